The largest absolute Gasteiger partial charge is 0.497 e. The number of hydrogen-bond donors (Lipinski definition) is 1. The number of nitrogens with one attached hydrogen (secondary N) is 1. The first kappa shape index (κ1) is 22.2. The molecule has 33 heavy (non-hydrogen) atoms. The van der Waals surface area contributed by atoms with E-state index in [4.69, 9.17) is 30.3 Å². The number of aromatic nitrogens is 2. The highest BCUT2D eigenvalue weighted by molar-refractivity contribution is 6.30. The number of methoxy groups -OCH3 is 1. The van der Waals surface area contributed by atoms with Crippen LogP contribution in [0.3, 0.4) is 0 Å². The lowest BCUT2D eigenvalue weighted by atomic mass is 10.2. The molecule has 4 rings (SSSR count). The van der Waals surface area contributed by atoms with E-state index in [1.165, 1.54) is 0 Å². The predicted molar refractivity (Wildman–Crippen MR) is 123 cm³/mol. The molecule has 0 fully saturated rings. The topological polar surface area (TPSA) is 95.7 Å². The van der Waals surface area contributed by atoms with Crippen LogP contribution in [0.4, 0.5) is 5.69 Å². The Morgan fingerprint density at radius 2 is 1.70 bits per heavy atom. The lowest BCUT2D eigenvalue weighted by Crippen LogP contribution is -2.20. The average molecular weight is 466 g/mol. The lowest BCUT2D eigenvalue weighted by molar-refractivity contribution is -0.118. The number of ether oxygens (including phenoxy) is 3. The summed E-state index contributed by atoms with van der Waals surface area (Å²) in [5.41, 5.74) is 1.23. The van der Waals surface area contributed by atoms with Crippen LogP contribution >= 0.6 is 11.6 Å². The first-order valence-electron chi connectivity index (χ1n) is 9.98. The van der Waals surface area contributed by atoms with E-state index in [1.807, 2.05) is 6.07 Å². The van der Waals surface area contributed by atoms with Crippen molar-refractivity contribution in [3.05, 3.63) is 83.7 Å². The number of carbonyl (C=O) groups is 1. The Morgan fingerprint density at radius 1 is 0.970 bits per heavy atom. The number of para-hydroxylation sites is 1. The van der Waals surface area contributed by atoms with Crippen molar-refractivity contribution in [3.8, 4) is 28.6 Å². The molecule has 0 atom stereocenters. The first-order chi connectivity index (χ1) is 16.1. The number of benzene rings is 3. The van der Waals surface area contributed by atoms with Crippen LogP contribution in [0.15, 0.2) is 77.3 Å². The maximum absolute atomic E-state index is 12.3. The lowest BCUT2D eigenvalue weighted by Gasteiger charge is -2.10. The highest BCUT2D eigenvalue weighted by atomic mass is 35.5. The number of amides is 1. The van der Waals surface area contributed by atoms with E-state index in [9.17, 15) is 4.79 Å². The van der Waals surface area contributed by atoms with Crippen molar-refractivity contribution in [1.82, 2.24) is 10.1 Å². The second-order valence-corrected chi connectivity index (χ2v) is 7.25. The Labute approximate surface area is 195 Å². The Bertz CT molecular complexity index is 1210. The summed E-state index contributed by atoms with van der Waals surface area (Å²) in [4.78, 5) is 16.7. The zero-order valence-electron chi connectivity index (χ0n) is 17.7. The number of carbonyl (C=O) groups excluding carboxylic acids is 1. The number of rotatable bonds is 9. The van der Waals surface area contributed by atoms with Gasteiger partial charge in [-0.25, -0.2) is 0 Å². The maximum Gasteiger partial charge on any atom is 0.264 e. The molecule has 0 spiro atoms. The second-order valence-electron chi connectivity index (χ2n) is 6.82. The number of nitrogens with zero attached hydrogens (tertiary/aromatic N) is 2. The van der Waals surface area contributed by atoms with Crippen molar-refractivity contribution in [2.24, 2.45) is 0 Å². The fourth-order valence-corrected chi connectivity index (χ4v) is 3.02. The molecule has 3 aromatic carbocycles. The van der Waals surface area contributed by atoms with Gasteiger partial charge in [0.15, 0.2) is 13.2 Å². The molecular formula is C24H20ClN3O5. The van der Waals surface area contributed by atoms with E-state index in [2.05, 4.69) is 15.5 Å². The highest BCUT2D eigenvalue weighted by Crippen LogP contribution is 2.28. The molecule has 0 bridgehead atoms. The molecule has 0 saturated carbocycles. The van der Waals surface area contributed by atoms with Gasteiger partial charge in [0, 0.05) is 10.7 Å². The van der Waals surface area contributed by atoms with Crippen molar-refractivity contribution >= 4 is 23.2 Å². The van der Waals surface area contributed by atoms with Crippen molar-refractivity contribution in [3.63, 3.8) is 0 Å². The number of anilines is 1. The van der Waals surface area contributed by atoms with Crippen LogP contribution in [0, 0.1) is 0 Å². The minimum Gasteiger partial charge on any atom is -0.497 e. The standard InChI is InChI=1S/C24H20ClN3O5/c1-30-18-12-8-17(9-13-18)26-22(29)14-32-21-5-3-2-4-20(21)24-27-23(33-28-24)15-31-19-10-6-16(25)7-11-19/h2-13H,14-15H2,1H3,(H,26,29). The Balaban J connectivity index is 1.37. The summed E-state index contributed by atoms with van der Waals surface area (Å²) in [6.45, 7) is -0.0879. The van der Waals surface area contributed by atoms with Gasteiger partial charge >= 0.3 is 0 Å². The smallest absolute Gasteiger partial charge is 0.264 e. The van der Waals surface area contributed by atoms with E-state index in [0.29, 0.717) is 45.2 Å². The summed E-state index contributed by atoms with van der Waals surface area (Å²) in [5, 5.41) is 7.40. The third-order valence-electron chi connectivity index (χ3n) is 4.50. The van der Waals surface area contributed by atoms with Crippen molar-refractivity contribution in [2.45, 2.75) is 6.61 Å². The van der Waals surface area contributed by atoms with Crippen LogP contribution in [0.1, 0.15) is 5.89 Å². The van der Waals surface area contributed by atoms with E-state index >= 15 is 0 Å². The van der Waals surface area contributed by atoms with Crippen LogP contribution in [-0.2, 0) is 11.4 Å². The van der Waals surface area contributed by atoms with Crippen molar-refractivity contribution in [1.29, 1.82) is 0 Å². The normalized spacial score (nSPS) is 10.5. The molecular weight excluding hydrogens is 446 g/mol. The summed E-state index contributed by atoms with van der Waals surface area (Å²) in [7, 11) is 1.58. The SMILES string of the molecule is COc1ccc(NC(=O)COc2ccccc2-c2noc(COc3ccc(Cl)cc3)n2)cc1. The van der Waals surface area contributed by atoms with E-state index < -0.39 is 0 Å². The summed E-state index contributed by atoms with van der Waals surface area (Å²) in [6, 6.07) is 21.1. The van der Waals surface area contributed by atoms with Gasteiger partial charge in [0.1, 0.15) is 17.2 Å². The molecule has 8 nitrogen and oxygen atoms in total. The molecule has 0 saturated heterocycles. The number of halogens is 1. The average Bonchev–Trinajstić information content (AvgIpc) is 3.32. The summed E-state index contributed by atoms with van der Waals surface area (Å²) < 4.78 is 21.7. The van der Waals surface area contributed by atoms with Gasteiger partial charge in [0.25, 0.3) is 11.8 Å². The van der Waals surface area contributed by atoms with Crippen molar-refractivity contribution in [2.75, 3.05) is 19.0 Å². The van der Waals surface area contributed by atoms with E-state index in [-0.39, 0.29) is 19.1 Å². The molecule has 0 aliphatic carbocycles. The molecule has 9 heteroatoms. The molecule has 0 unspecified atom stereocenters. The van der Waals surface area contributed by atoms with Crippen LogP contribution in [0.5, 0.6) is 17.2 Å². The van der Waals surface area contributed by atoms with Gasteiger partial charge in [0.2, 0.25) is 5.82 Å². The Morgan fingerprint density at radius 3 is 2.45 bits per heavy atom. The highest BCUT2D eigenvalue weighted by Gasteiger charge is 2.15. The van der Waals surface area contributed by atoms with Gasteiger partial charge in [-0.1, -0.05) is 28.9 Å². The molecule has 1 N–H and O–H groups in total. The van der Waals surface area contributed by atoms with Gasteiger partial charge in [0.05, 0.1) is 12.7 Å². The maximum atomic E-state index is 12.3. The first-order valence-corrected chi connectivity index (χ1v) is 10.4. The second kappa shape index (κ2) is 10.5. The Kier molecular flexibility index (Phi) is 7.06. The summed E-state index contributed by atoms with van der Waals surface area (Å²) in [5.74, 6) is 2.11. The number of hydrogen-bond acceptors (Lipinski definition) is 7. The molecule has 0 aliphatic rings. The fourth-order valence-electron chi connectivity index (χ4n) is 2.89. The van der Waals surface area contributed by atoms with Gasteiger partial charge in [-0.3, -0.25) is 4.79 Å². The molecule has 1 amide bonds. The van der Waals surface area contributed by atoms with Gasteiger partial charge in [-0.05, 0) is 60.7 Å². The molecule has 1 aromatic heterocycles. The van der Waals surface area contributed by atoms with Crippen LogP contribution in [0.2, 0.25) is 5.02 Å². The fraction of sp³-hybridized carbons (Fsp3) is 0.125. The van der Waals surface area contributed by atoms with Crippen LogP contribution < -0.4 is 19.5 Å². The Hall–Kier alpha value is -4.04. The third kappa shape index (κ3) is 6.02. The van der Waals surface area contributed by atoms with Crippen molar-refractivity contribution < 1.29 is 23.5 Å². The minimum atomic E-state index is -0.305. The minimum absolute atomic E-state index is 0.0991. The molecule has 0 radical (unpaired) electrons. The predicted octanol–water partition coefficient (Wildman–Crippen LogP) is 5.00. The molecule has 4 aromatic rings. The molecule has 0 aliphatic heterocycles. The summed E-state index contributed by atoms with van der Waals surface area (Å²) >= 11 is 5.87. The van der Waals surface area contributed by atoms with E-state index in [1.54, 1.807) is 73.8 Å². The zero-order chi connectivity index (χ0) is 23.0. The summed E-state index contributed by atoms with van der Waals surface area (Å²) in [6.07, 6.45) is 0. The molecule has 1 heterocycles. The van der Waals surface area contributed by atoms with Gasteiger partial charge in [-0.2, -0.15) is 4.98 Å². The van der Waals surface area contributed by atoms with Gasteiger partial charge < -0.3 is 24.1 Å². The van der Waals surface area contributed by atoms with Gasteiger partial charge in [-0.15, -0.1) is 0 Å². The van der Waals surface area contributed by atoms with E-state index in [0.717, 1.165) is 0 Å². The zero-order valence-corrected chi connectivity index (χ0v) is 18.4. The monoisotopic (exact) mass is 465 g/mol. The van der Waals surface area contributed by atoms with Crippen LogP contribution in [-0.4, -0.2) is 29.8 Å². The third-order valence-corrected chi connectivity index (χ3v) is 4.76. The molecule has 168 valence electrons. The quantitative estimate of drug-likeness (QED) is 0.371. The van der Waals surface area contributed by atoms with Crippen LogP contribution in [0.25, 0.3) is 11.4 Å².